The van der Waals surface area contributed by atoms with Gasteiger partial charge in [0.2, 0.25) is 10.0 Å². The van der Waals surface area contributed by atoms with E-state index >= 15 is 0 Å². The van der Waals surface area contributed by atoms with Gasteiger partial charge in [-0.15, -0.1) is 0 Å². The van der Waals surface area contributed by atoms with Crippen molar-refractivity contribution in [3.05, 3.63) is 29.8 Å². The Kier molecular flexibility index (Phi) is 4.03. The molecule has 1 aliphatic heterocycles. The van der Waals surface area contributed by atoms with E-state index in [0.29, 0.717) is 18.7 Å². The van der Waals surface area contributed by atoms with Crippen LogP contribution in [-0.4, -0.2) is 37.6 Å². The molecule has 0 unspecified atom stereocenters. The lowest BCUT2D eigenvalue weighted by molar-refractivity contribution is 0.101. The van der Waals surface area contributed by atoms with Gasteiger partial charge < -0.3 is 5.73 Å². The zero-order chi connectivity index (χ0) is 14.0. The summed E-state index contributed by atoms with van der Waals surface area (Å²) in [5, 5.41) is 0. The average Bonchev–Trinajstić information content (AvgIpc) is 2.39. The molecule has 0 saturated carbocycles. The van der Waals surface area contributed by atoms with Crippen molar-refractivity contribution in [3.8, 4) is 0 Å². The highest BCUT2D eigenvalue weighted by Gasteiger charge is 2.29. The summed E-state index contributed by atoms with van der Waals surface area (Å²) >= 11 is 0. The highest BCUT2D eigenvalue weighted by molar-refractivity contribution is 7.89. The molecular weight excluding hydrogens is 264 g/mol. The van der Waals surface area contributed by atoms with E-state index in [1.807, 2.05) is 0 Å². The van der Waals surface area contributed by atoms with Crippen molar-refractivity contribution < 1.29 is 13.2 Å². The van der Waals surface area contributed by atoms with E-state index in [-0.39, 0.29) is 16.7 Å². The van der Waals surface area contributed by atoms with Crippen LogP contribution in [0.25, 0.3) is 0 Å². The van der Waals surface area contributed by atoms with Gasteiger partial charge in [-0.2, -0.15) is 4.31 Å². The number of carbonyl (C=O) groups excluding carboxylic acids is 1. The first-order valence-corrected chi connectivity index (χ1v) is 7.72. The fourth-order valence-electron chi connectivity index (χ4n) is 2.22. The number of benzene rings is 1. The SMILES string of the molecule is CC(=O)c1cccc(S(=O)(=O)N2CCC[C@@H](N)C2)c1. The minimum atomic E-state index is -3.55. The van der Waals surface area contributed by atoms with Crippen molar-refractivity contribution in [1.82, 2.24) is 4.31 Å². The van der Waals surface area contributed by atoms with Crippen LogP contribution in [0.2, 0.25) is 0 Å². The molecule has 2 rings (SSSR count). The molecular formula is C13H18N2O3S. The molecule has 1 fully saturated rings. The quantitative estimate of drug-likeness (QED) is 0.839. The molecule has 19 heavy (non-hydrogen) atoms. The third kappa shape index (κ3) is 3.02. The zero-order valence-electron chi connectivity index (χ0n) is 10.9. The molecule has 1 saturated heterocycles. The van der Waals surface area contributed by atoms with Crippen LogP contribution in [-0.2, 0) is 10.0 Å². The highest BCUT2D eigenvalue weighted by Crippen LogP contribution is 2.21. The molecule has 1 heterocycles. The van der Waals surface area contributed by atoms with E-state index in [9.17, 15) is 13.2 Å². The number of nitrogens with two attached hydrogens (primary N) is 1. The molecule has 0 amide bonds. The van der Waals surface area contributed by atoms with Gasteiger partial charge in [-0.1, -0.05) is 12.1 Å². The predicted octanol–water partition coefficient (Wildman–Crippen LogP) is 1.00. The number of rotatable bonds is 3. The minimum Gasteiger partial charge on any atom is -0.327 e. The molecule has 0 radical (unpaired) electrons. The third-order valence-electron chi connectivity index (χ3n) is 3.30. The van der Waals surface area contributed by atoms with Gasteiger partial charge in [0.05, 0.1) is 4.90 Å². The monoisotopic (exact) mass is 282 g/mol. The topological polar surface area (TPSA) is 80.5 Å². The molecule has 2 N–H and O–H groups in total. The maximum atomic E-state index is 12.5. The van der Waals surface area contributed by atoms with Crippen LogP contribution in [0, 0.1) is 0 Å². The number of hydrogen-bond acceptors (Lipinski definition) is 4. The number of hydrogen-bond donors (Lipinski definition) is 1. The van der Waals surface area contributed by atoms with Gasteiger partial charge in [-0.3, -0.25) is 4.79 Å². The van der Waals surface area contributed by atoms with Crippen LogP contribution in [0.15, 0.2) is 29.2 Å². The van der Waals surface area contributed by atoms with Crippen molar-refractivity contribution in [1.29, 1.82) is 0 Å². The number of piperidine rings is 1. The minimum absolute atomic E-state index is 0.112. The summed E-state index contributed by atoms with van der Waals surface area (Å²) in [5.74, 6) is -0.146. The molecule has 0 aromatic heterocycles. The van der Waals surface area contributed by atoms with Gasteiger partial charge >= 0.3 is 0 Å². The second-order valence-electron chi connectivity index (χ2n) is 4.85. The Balaban J connectivity index is 2.33. The highest BCUT2D eigenvalue weighted by atomic mass is 32.2. The second kappa shape index (κ2) is 5.40. The van der Waals surface area contributed by atoms with Crippen LogP contribution >= 0.6 is 0 Å². The second-order valence-corrected chi connectivity index (χ2v) is 6.79. The maximum Gasteiger partial charge on any atom is 0.243 e. The van der Waals surface area contributed by atoms with Crippen LogP contribution in [0.3, 0.4) is 0 Å². The number of sulfonamides is 1. The Morgan fingerprint density at radius 2 is 2.16 bits per heavy atom. The number of carbonyl (C=O) groups is 1. The van der Waals surface area contributed by atoms with Crippen LogP contribution in [0.4, 0.5) is 0 Å². The van der Waals surface area contributed by atoms with E-state index in [4.69, 9.17) is 5.73 Å². The Morgan fingerprint density at radius 3 is 2.79 bits per heavy atom. The zero-order valence-corrected chi connectivity index (χ0v) is 11.7. The van der Waals surface area contributed by atoms with Gasteiger partial charge in [-0.25, -0.2) is 8.42 Å². The first-order valence-electron chi connectivity index (χ1n) is 6.28. The van der Waals surface area contributed by atoms with E-state index < -0.39 is 10.0 Å². The van der Waals surface area contributed by atoms with E-state index in [1.54, 1.807) is 12.1 Å². The average molecular weight is 282 g/mol. The first-order chi connectivity index (χ1) is 8.91. The lowest BCUT2D eigenvalue weighted by atomic mass is 10.1. The predicted molar refractivity (Wildman–Crippen MR) is 72.4 cm³/mol. The van der Waals surface area contributed by atoms with Crippen LogP contribution < -0.4 is 5.73 Å². The molecule has 0 spiro atoms. The maximum absolute atomic E-state index is 12.5. The number of ketones is 1. The molecule has 104 valence electrons. The molecule has 6 heteroatoms. The molecule has 1 aromatic carbocycles. The van der Waals surface area contributed by atoms with Gasteiger partial charge in [0.25, 0.3) is 0 Å². The van der Waals surface area contributed by atoms with E-state index in [2.05, 4.69) is 0 Å². The van der Waals surface area contributed by atoms with Gasteiger partial charge in [-0.05, 0) is 31.9 Å². The molecule has 1 atom stereocenters. The van der Waals surface area contributed by atoms with Crippen molar-refractivity contribution in [2.24, 2.45) is 5.73 Å². The summed E-state index contributed by atoms with van der Waals surface area (Å²) in [6.07, 6.45) is 1.62. The molecule has 1 aliphatic rings. The molecule has 0 aliphatic carbocycles. The van der Waals surface area contributed by atoms with Crippen LogP contribution in [0.5, 0.6) is 0 Å². The van der Waals surface area contributed by atoms with Crippen molar-refractivity contribution in [3.63, 3.8) is 0 Å². The van der Waals surface area contributed by atoms with Crippen molar-refractivity contribution in [2.45, 2.75) is 30.7 Å². The number of Topliss-reactive ketones (excluding diaryl/α,β-unsaturated/α-hetero) is 1. The van der Waals surface area contributed by atoms with Gasteiger partial charge in [0.1, 0.15) is 0 Å². The third-order valence-corrected chi connectivity index (χ3v) is 5.16. The Bertz CT molecular complexity index is 583. The molecule has 0 bridgehead atoms. The van der Waals surface area contributed by atoms with Gasteiger partial charge in [0, 0.05) is 24.7 Å². The van der Waals surface area contributed by atoms with E-state index in [0.717, 1.165) is 12.8 Å². The summed E-state index contributed by atoms with van der Waals surface area (Å²) in [6.45, 7) is 2.25. The normalized spacial score (nSPS) is 21.3. The standard InChI is InChI=1S/C13H18N2O3S/c1-10(16)11-4-2-6-13(8-11)19(17,18)15-7-3-5-12(14)9-15/h2,4,6,8,12H,3,5,7,9,14H2,1H3/t12-/m1/s1. The van der Waals surface area contributed by atoms with Crippen molar-refractivity contribution >= 4 is 15.8 Å². The summed E-state index contributed by atoms with van der Waals surface area (Å²) in [6, 6.07) is 6.04. The van der Waals surface area contributed by atoms with Gasteiger partial charge in [0.15, 0.2) is 5.78 Å². The van der Waals surface area contributed by atoms with Crippen LogP contribution in [0.1, 0.15) is 30.1 Å². The fraction of sp³-hybridized carbons (Fsp3) is 0.462. The lowest BCUT2D eigenvalue weighted by Crippen LogP contribution is -2.45. The number of nitrogens with zero attached hydrogens (tertiary/aromatic N) is 1. The Labute approximate surface area is 113 Å². The van der Waals surface area contributed by atoms with Crippen molar-refractivity contribution in [2.75, 3.05) is 13.1 Å². The summed E-state index contributed by atoms with van der Waals surface area (Å²) in [4.78, 5) is 11.5. The fourth-order valence-corrected chi connectivity index (χ4v) is 3.80. The Hall–Kier alpha value is -1.24. The molecule has 1 aromatic rings. The summed E-state index contributed by atoms with van der Waals surface area (Å²) < 4.78 is 26.3. The first kappa shape index (κ1) is 14.2. The largest absolute Gasteiger partial charge is 0.327 e. The van der Waals surface area contributed by atoms with E-state index in [1.165, 1.54) is 23.4 Å². The smallest absolute Gasteiger partial charge is 0.243 e. The lowest BCUT2D eigenvalue weighted by Gasteiger charge is -2.29. The Morgan fingerprint density at radius 1 is 1.42 bits per heavy atom. The summed E-state index contributed by atoms with van der Waals surface area (Å²) in [7, 11) is -3.55. The summed E-state index contributed by atoms with van der Waals surface area (Å²) in [5.41, 5.74) is 6.22. The molecule has 5 nitrogen and oxygen atoms in total.